The van der Waals surface area contributed by atoms with Crippen molar-refractivity contribution in [3.63, 3.8) is 0 Å². The van der Waals surface area contributed by atoms with Crippen molar-refractivity contribution in [3.8, 4) is 0 Å². The first kappa shape index (κ1) is 10.9. The predicted molar refractivity (Wildman–Crippen MR) is 63.1 cm³/mol. The zero-order chi connectivity index (χ0) is 11.4. The number of hydrazone groups is 1. The summed E-state index contributed by atoms with van der Waals surface area (Å²) >= 11 is 7.12. The Kier molecular flexibility index (Phi) is 3.38. The minimum Gasteiger partial charge on any atom is -0.459 e. The number of carbonyl (C=O) groups is 1. The van der Waals surface area contributed by atoms with Gasteiger partial charge in [-0.25, -0.2) is 5.43 Å². The van der Waals surface area contributed by atoms with Crippen LogP contribution in [0, 0.1) is 0 Å². The lowest BCUT2D eigenvalue weighted by Crippen LogP contribution is -2.16. The van der Waals surface area contributed by atoms with Gasteiger partial charge < -0.3 is 4.42 Å². The fraction of sp³-hybridized carbons (Fsp3) is 0. The second kappa shape index (κ2) is 4.96. The minimum atomic E-state index is -0.385. The van der Waals surface area contributed by atoms with Gasteiger partial charge in [0.15, 0.2) is 5.76 Å². The van der Waals surface area contributed by atoms with Crippen LogP contribution in [0.25, 0.3) is 0 Å². The molecular formula is C10H7ClN2O2S. The third-order valence-corrected chi connectivity index (χ3v) is 2.86. The first-order valence-corrected chi connectivity index (χ1v) is 5.57. The number of rotatable bonds is 3. The first-order chi connectivity index (χ1) is 7.75. The van der Waals surface area contributed by atoms with E-state index in [2.05, 4.69) is 10.5 Å². The maximum Gasteiger partial charge on any atom is 0.307 e. The van der Waals surface area contributed by atoms with Crippen molar-refractivity contribution < 1.29 is 9.21 Å². The Labute approximate surface area is 101 Å². The lowest BCUT2D eigenvalue weighted by atomic mass is 10.4. The molecule has 0 aliphatic carbocycles. The van der Waals surface area contributed by atoms with Crippen LogP contribution in [0.4, 0.5) is 0 Å². The van der Waals surface area contributed by atoms with Crippen molar-refractivity contribution in [2.75, 3.05) is 0 Å². The van der Waals surface area contributed by atoms with Crippen LogP contribution < -0.4 is 5.43 Å². The molecular weight excluding hydrogens is 248 g/mol. The zero-order valence-electron chi connectivity index (χ0n) is 8.01. The molecule has 2 aromatic rings. The average molecular weight is 255 g/mol. The lowest BCUT2D eigenvalue weighted by molar-refractivity contribution is 0.0927. The number of nitrogens with zero attached hydrogens (tertiary/aromatic N) is 1. The second-order valence-electron chi connectivity index (χ2n) is 2.82. The number of furan rings is 1. The molecule has 0 radical (unpaired) electrons. The molecule has 4 nitrogen and oxygen atoms in total. The van der Waals surface area contributed by atoms with E-state index in [9.17, 15) is 4.79 Å². The summed E-state index contributed by atoms with van der Waals surface area (Å²) in [5.41, 5.74) is 2.34. The fourth-order valence-corrected chi connectivity index (χ4v) is 1.95. The number of carbonyl (C=O) groups excluding carboxylic acids is 1. The van der Waals surface area contributed by atoms with Gasteiger partial charge >= 0.3 is 5.91 Å². The van der Waals surface area contributed by atoms with Crippen molar-refractivity contribution in [2.45, 2.75) is 0 Å². The molecule has 6 heteroatoms. The van der Waals surface area contributed by atoms with Crippen molar-refractivity contribution >= 4 is 35.1 Å². The molecule has 1 N–H and O–H groups in total. The molecule has 2 aromatic heterocycles. The summed E-state index contributed by atoms with van der Waals surface area (Å²) in [6, 6.07) is 6.78. The van der Waals surface area contributed by atoms with Gasteiger partial charge in [0.1, 0.15) is 0 Å². The van der Waals surface area contributed by atoms with Crippen molar-refractivity contribution in [3.05, 3.63) is 45.5 Å². The molecule has 0 aliphatic rings. The highest BCUT2D eigenvalue weighted by Crippen LogP contribution is 2.19. The highest BCUT2D eigenvalue weighted by molar-refractivity contribution is 7.17. The fourth-order valence-electron chi connectivity index (χ4n) is 1.02. The van der Waals surface area contributed by atoms with Crippen molar-refractivity contribution in [1.29, 1.82) is 0 Å². The highest BCUT2D eigenvalue weighted by Gasteiger charge is 2.05. The molecule has 0 saturated heterocycles. The van der Waals surface area contributed by atoms with Crippen molar-refractivity contribution in [2.24, 2.45) is 5.10 Å². The summed E-state index contributed by atoms with van der Waals surface area (Å²) in [5.74, 6) is -0.162. The summed E-state index contributed by atoms with van der Waals surface area (Å²) in [6.07, 6.45) is 2.95. The number of thiophene rings is 1. The van der Waals surface area contributed by atoms with Crippen LogP contribution in [-0.2, 0) is 0 Å². The molecule has 82 valence electrons. The Balaban J connectivity index is 1.93. The monoisotopic (exact) mass is 254 g/mol. The smallest absolute Gasteiger partial charge is 0.307 e. The largest absolute Gasteiger partial charge is 0.459 e. The van der Waals surface area contributed by atoms with Crippen molar-refractivity contribution in [1.82, 2.24) is 5.43 Å². The Hall–Kier alpha value is -1.59. The van der Waals surface area contributed by atoms with Gasteiger partial charge in [-0.3, -0.25) is 4.79 Å². The standard InChI is InChI=1S/C10H7ClN2O2S/c11-9-4-3-7(16-9)6-12-13-10(14)8-2-1-5-15-8/h1-6H,(H,13,14)/b12-6+. The van der Waals surface area contributed by atoms with E-state index in [4.69, 9.17) is 16.0 Å². The topological polar surface area (TPSA) is 54.6 Å². The Morgan fingerprint density at radius 1 is 1.50 bits per heavy atom. The quantitative estimate of drug-likeness (QED) is 0.676. The summed E-state index contributed by atoms with van der Waals surface area (Å²) in [6.45, 7) is 0. The Morgan fingerprint density at radius 2 is 2.38 bits per heavy atom. The normalized spacial score (nSPS) is 10.8. The second-order valence-corrected chi connectivity index (χ2v) is 4.56. The number of hydrogen-bond donors (Lipinski definition) is 1. The van der Waals surface area contributed by atoms with E-state index < -0.39 is 0 Å². The molecule has 0 fully saturated rings. The van der Waals surface area contributed by atoms with Gasteiger partial charge in [-0.1, -0.05) is 11.6 Å². The summed E-state index contributed by atoms with van der Waals surface area (Å²) < 4.78 is 5.58. The molecule has 0 unspecified atom stereocenters. The van der Waals surface area contributed by atoms with E-state index in [1.165, 1.54) is 23.8 Å². The third-order valence-electron chi connectivity index (χ3n) is 1.70. The van der Waals surface area contributed by atoms with Gasteiger partial charge in [0, 0.05) is 4.88 Å². The van der Waals surface area contributed by atoms with E-state index >= 15 is 0 Å². The highest BCUT2D eigenvalue weighted by atomic mass is 35.5. The van der Waals surface area contributed by atoms with E-state index in [1.54, 1.807) is 18.2 Å². The van der Waals surface area contributed by atoms with Gasteiger partial charge in [-0.05, 0) is 24.3 Å². The van der Waals surface area contributed by atoms with E-state index in [1.807, 2.05) is 6.07 Å². The third kappa shape index (κ3) is 2.71. The molecule has 2 rings (SSSR count). The molecule has 0 atom stereocenters. The minimum absolute atomic E-state index is 0.223. The Morgan fingerprint density at radius 3 is 3.00 bits per heavy atom. The lowest BCUT2D eigenvalue weighted by Gasteiger charge is -1.93. The van der Waals surface area contributed by atoms with Gasteiger partial charge in [0.05, 0.1) is 16.8 Å². The molecule has 0 saturated carbocycles. The Bertz CT molecular complexity index is 505. The molecule has 2 heterocycles. The van der Waals surface area contributed by atoms with Crippen LogP contribution in [0.1, 0.15) is 15.4 Å². The predicted octanol–water partition coefficient (Wildman–Crippen LogP) is 2.76. The maximum absolute atomic E-state index is 11.4. The zero-order valence-corrected chi connectivity index (χ0v) is 9.59. The van der Waals surface area contributed by atoms with Crippen LogP contribution in [-0.4, -0.2) is 12.1 Å². The molecule has 0 aliphatic heterocycles. The number of amides is 1. The molecule has 0 bridgehead atoms. The number of halogens is 1. The molecule has 16 heavy (non-hydrogen) atoms. The molecule has 0 aromatic carbocycles. The van der Waals surface area contributed by atoms with Gasteiger partial charge in [-0.2, -0.15) is 5.10 Å². The van der Waals surface area contributed by atoms with Gasteiger partial charge in [0.2, 0.25) is 0 Å². The van der Waals surface area contributed by atoms with Gasteiger partial charge in [-0.15, -0.1) is 11.3 Å². The number of nitrogens with one attached hydrogen (secondary N) is 1. The summed E-state index contributed by atoms with van der Waals surface area (Å²) in [4.78, 5) is 12.2. The number of hydrogen-bond acceptors (Lipinski definition) is 4. The summed E-state index contributed by atoms with van der Waals surface area (Å²) in [5, 5.41) is 3.78. The van der Waals surface area contributed by atoms with Crippen LogP contribution in [0.2, 0.25) is 4.34 Å². The van der Waals surface area contributed by atoms with Gasteiger partial charge in [0.25, 0.3) is 0 Å². The first-order valence-electron chi connectivity index (χ1n) is 4.38. The summed E-state index contributed by atoms with van der Waals surface area (Å²) in [7, 11) is 0. The average Bonchev–Trinajstić information content (AvgIpc) is 2.89. The maximum atomic E-state index is 11.4. The SMILES string of the molecule is O=C(N/N=C/c1ccc(Cl)s1)c1ccco1. The molecule has 0 spiro atoms. The molecule has 1 amide bonds. The van der Waals surface area contributed by atoms with E-state index in [-0.39, 0.29) is 11.7 Å². The van der Waals surface area contributed by atoms with Crippen LogP contribution in [0.5, 0.6) is 0 Å². The van der Waals surface area contributed by atoms with Crippen LogP contribution >= 0.6 is 22.9 Å². The van der Waals surface area contributed by atoms with Crippen LogP contribution in [0.3, 0.4) is 0 Å². The van der Waals surface area contributed by atoms with E-state index in [0.717, 1.165) is 4.88 Å². The van der Waals surface area contributed by atoms with E-state index in [0.29, 0.717) is 4.34 Å². The van der Waals surface area contributed by atoms with Crippen LogP contribution in [0.15, 0.2) is 40.0 Å².